The first-order valence-corrected chi connectivity index (χ1v) is 8.75. The van der Waals surface area contributed by atoms with Crippen LogP contribution < -0.4 is 0 Å². The van der Waals surface area contributed by atoms with Gasteiger partial charge in [-0.3, -0.25) is 9.69 Å². The number of carbonyl (C=O) groups excluding carboxylic acids is 2. The van der Waals surface area contributed by atoms with Crippen LogP contribution in [0.5, 0.6) is 0 Å². The number of aromatic amines is 1. The van der Waals surface area contributed by atoms with Crippen molar-refractivity contribution in [2.45, 2.75) is 31.2 Å². The molecule has 0 aliphatic carbocycles. The number of rotatable bonds is 2. The van der Waals surface area contributed by atoms with E-state index in [4.69, 9.17) is 4.74 Å². The molecule has 1 aromatic heterocycles. The first-order chi connectivity index (χ1) is 12.2. The van der Waals surface area contributed by atoms with E-state index in [1.54, 1.807) is 4.90 Å². The van der Waals surface area contributed by atoms with Crippen molar-refractivity contribution in [3.63, 3.8) is 0 Å². The molecule has 0 radical (unpaired) electrons. The highest BCUT2D eigenvalue weighted by Gasteiger charge is 2.41. The number of hydrogen-bond acceptors (Lipinski definition) is 4. The van der Waals surface area contributed by atoms with Crippen molar-refractivity contribution >= 4 is 23.0 Å². The van der Waals surface area contributed by atoms with E-state index in [1.807, 2.05) is 29.2 Å². The number of nitrogens with one attached hydrogen (secondary N) is 1. The van der Waals surface area contributed by atoms with Crippen molar-refractivity contribution in [2.75, 3.05) is 26.7 Å². The van der Waals surface area contributed by atoms with Crippen molar-refractivity contribution in [1.82, 2.24) is 19.8 Å². The van der Waals surface area contributed by atoms with Crippen molar-refractivity contribution < 1.29 is 14.3 Å². The van der Waals surface area contributed by atoms with Gasteiger partial charge in [-0.05, 0) is 31.4 Å². The number of amides is 2. The molecular formula is C18H22N4O3. The standard InChI is InChI=1S/C18H22N4O3/c1-25-18(24)22-9-5-4-8-15(22)17(23)21-10-12(11-21)16-19-13-6-2-3-7-14(13)20-16/h2-3,6-7,12,15H,4-5,8-11H2,1H3,(H,19,20)/t15-/m1/s1. The van der Waals surface area contributed by atoms with Gasteiger partial charge in [0.25, 0.3) is 0 Å². The number of imidazole rings is 1. The molecule has 0 unspecified atom stereocenters. The zero-order valence-corrected chi connectivity index (χ0v) is 14.3. The molecule has 0 saturated carbocycles. The highest BCUT2D eigenvalue weighted by Crippen LogP contribution is 2.29. The van der Waals surface area contributed by atoms with Crippen molar-refractivity contribution in [2.24, 2.45) is 0 Å². The molecule has 7 nitrogen and oxygen atoms in total. The van der Waals surface area contributed by atoms with Crippen LogP contribution >= 0.6 is 0 Å². The first-order valence-electron chi connectivity index (χ1n) is 8.75. The summed E-state index contributed by atoms with van der Waals surface area (Å²) in [5.74, 6) is 1.18. The lowest BCUT2D eigenvalue weighted by atomic mass is 9.95. The molecule has 1 atom stereocenters. The molecule has 0 bridgehead atoms. The van der Waals surface area contributed by atoms with Gasteiger partial charge in [-0.15, -0.1) is 0 Å². The van der Waals surface area contributed by atoms with Crippen LogP contribution in [0.4, 0.5) is 4.79 Å². The first kappa shape index (κ1) is 15.9. The molecular weight excluding hydrogens is 320 g/mol. The Kier molecular flexibility index (Phi) is 4.07. The number of benzene rings is 1. The molecule has 25 heavy (non-hydrogen) atoms. The van der Waals surface area contributed by atoms with Crippen molar-refractivity contribution in [3.8, 4) is 0 Å². The average Bonchev–Trinajstić information content (AvgIpc) is 3.03. The van der Waals surface area contributed by atoms with E-state index >= 15 is 0 Å². The topological polar surface area (TPSA) is 78.5 Å². The minimum atomic E-state index is -0.410. The molecule has 2 saturated heterocycles. The number of piperidine rings is 1. The van der Waals surface area contributed by atoms with Gasteiger partial charge >= 0.3 is 6.09 Å². The van der Waals surface area contributed by atoms with Crippen molar-refractivity contribution in [3.05, 3.63) is 30.1 Å². The van der Waals surface area contributed by atoms with E-state index in [0.29, 0.717) is 26.1 Å². The van der Waals surface area contributed by atoms with Crippen LogP contribution in [-0.4, -0.2) is 64.6 Å². The average molecular weight is 342 g/mol. The molecule has 3 heterocycles. The summed E-state index contributed by atoms with van der Waals surface area (Å²) in [5.41, 5.74) is 1.97. The number of hydrogen-bond donors (Lipinski definition) is 1. The van der Waals surface area contributed by atoms with E-state index in [1.165, 1.54) is 7.11 Å². The summed E-state index contributed by atoms with van der Waals surface area (Å²) in [6.07, 6.45) is 2.18. The van der Waals surface area contributed by atoms with Crippen LogP contribution in [0.2, 0.25) is 0 Å². The molecule has 2 fully saturated rings. The number of para-hydroxylation sites is 2. The zero-order valence-electron chi connectivity index (χ0n) is 14.3. The third-order valence-corrected chi connectivity index (χ3v) is 5.18. The second-order valence-electron chi connectivity index (χ2n) is 6.75. The van der Waals surface area contributed by atoms with E-state index in [2.05, 4.69) is 9.97 Å². The molecule has 4 rings (SSSR count). The number of fused-ring (bicyclic) bond motifs is 1. The Morgan fingerprint density at radius 2 is 2.04 bits per heavy atom. The SMILES string of the molecule is COC(=O)N1CCCC[C@@H]1C(=O)N1CC(c2nc3ccccc3[nH]2)C1. The molecule has 7 heteroatoms. The monoisotopic (exact) mass is 342 g/mol. The van der Waals surface area contributed by atoms with Gasteiger partial charge in [0.1, 0.15) is 11.9 Å². The molecule has 0 spiro atoms. The van der Waals surface area contributed by atoms with E-state index in [-0.39, 0.29) is 11.8 Å². The highest BCUT2D eigenvalue weighted by atomic mass is 16.5. The lowest BCUT2D eigenvalue weighted by Crippen LogP contribution is -2.58. The summed E-state index contributed by atoms with van der Waals surface area (Å²) < 4.78 is 4.83. The fourth-order valence-corrected chi connectivity index (χ4v) is 3.73. The Hall–Kier alpha value is -2.57. The van der Waals surface area contributed by atoms with E-state index in [9.17, 15) is 9.59 Å². The zero-order chi connectivity index (χ0) is 17.4. The Bertz CT molecular complexity index is 763. The lowest BCUT2D eigenvalue weighted by Gasteiger charge is -2.43. The van der Waals surface area contributed by atoms with Crippen LogP contribution in [0, 0.1) is 0 Å². The molecule has 2 amide bonds. The number of methoxy groups -OCH3 is 1. The van der Waals surface area contributed by atoms with Crippen LogP contribution in [0.3, 0.4) is 0 Å². The quantitative estimate of drug-likeness (QED) is 0.907. The smallest absolute Gasteiger partial charge is 0.410 e. The third kappa shape index (κ3) is 2.83. The molecule has 1 N–H and O–H groups in total. The summed E-state index contributed by atoms with van der Waals surface area (Å²) >= 11 is 0. The van der Waals surface area contributed by atoms with Crippen LogP contribution in [0.1, 0.15) is 31.0 Å². The fraction of sp³-hybridized carbons (Fsp3) is 0.500. The minimum absolute atomic E-state index is 0.0254. The summed E-state index contributed by atoms with van der Waals surface area (Å²) in [4.78, 5) is 36.1. The maximum absolute atomic E-state index is 12.8. The number of H-pyrrole nitrogens is 1. The summed E-state index contributed by atoms with van der Waals surface area (Å²) in [5, 5.41) is 0. The summed E-state index contributed by atoms with van der Waals surface area (Å²) in [6, 6.07) is 7.54. The van der Waals surface area contributed by atoms with Gasteiger partial charge in [0, 0.05) is 19.6 Å². The maximum Gasteiger partial charge on any atom is 0.410 e. The summed E-state index contributed by atoms with van der Waals surface area (Å²) in [6.45, 7) is 1.87. The Labute approximate surface area is 146 Å². The van der Waals surface area contributed by atoms with Crippen molar-refractivity contribution in [1.29, 1.82) is 0 Å². The number of aromatic nitrogens is 2. The molecule has 1 aromatic carbocycles. The molecule has 132 valence electrons. The Balaban J connectivity index is 1.42. The van der Waals surface area contributed by atoms with Crippen LogP contribution in [0.25, 0.3) is 11.0 Å². The normalized spacial score (nSPS) is 21.2. The van der Waals surface area contributed by atoms with E-state index in [0.717, 1.165) is 29.7 Å². The molecule has 2 aliphatic heterocycles. The number of likely N-dealkylation sites (tertiary alicyclic amines) is 2. The van der Waals surface area contributed by atoms with Gasteiger partial charge in [0.05, 0.1) is 24.1 Å². The predicted molar refractivity (Wildman–Crippen MR) is 92.2 cm³/mol. The second kappa shape index (κ2) is 6.38. The van der Waals surface area contributed by atoms with Gasteiger partial charge in [-0.2, -0.15) is 0 Å². The van der Waals surface area contributed by atoms with Gasteiger partial charge in [0.15, 0.2) is 0 Å². The van der Waals surface area contributed by atoms with E-state index < -0.39 is 12.1 Å². The largest absolute Gasteiger partial charge is 0.453 e. The predicted octanol–water partition coefficient (Wildman–Crippen LogP) is 2.11. The Morgan fingerprint density at radius 1 is 1.24 bits per heavy atom. The molecule has 2 aliphatic rings. The number of ether oxygens (including phenoxy) is 1. The Morgan fingerprint density at radius 3 is 2.80 bits per heavy atom. The second-order valence-corrected chi connectivity index (χ2v) is 6.75. The number of carbonyl (C=O) groups is 2. The van der Waals surface area contributed by atoms with Gasteiger partial charge in [-0.1, -0.05) is 12.1 Å². The van der Waals surface area contributed by atoms with Gasteiger partial charge in [0.2, 0.25) is 5.91 Å². The summed E-state index contributed by atoms with van der Waals surface area (Å²) in [7, 11) is 1.36. The maximum atomic E-state index is 12.8. The van der Waals surface area contributed by atoms with Crippen LogP contribution in [0.15, 0.2) is 24.3 Å². The fourth-order valence-electron chi connectivity index (χ4n) is 3.73. The third-order valence-electron chi connectivity index (χ3n) is 5.18. The molecule has 2 aromatic rings. The highest BCUT2D eigenvalue weighted by molar-refractivity contribution is 5.86. The lowest BCUT2D eigenvalue weighted by molar-refractivity contribution is -0.142. The van der Waals surface area contributed by atoms with Gasteiger partial charge < -0.3 is 14.6 Å². The van der Waals surface area contributed by atoms with Gasteiger partial charge in [-0.25, -0.2) is 9.78 Å². The number of nitrogens with zero attached hydrogens (tertiary/aromatic N) is 3. The van der Waals surface area contributed by atoms with Crippen LogP contribution in [-0.2, 0) is 9.53 Å². The minimum Gasteiger partial charge on any atom is -0.453 e.